The van der Waals surface area contributed by atoms with Gasteiger partial charge in [0, 0.05) is 45.1 Å². The number of fused-ring (bicyclic) bond motifs is 7. The average molecular weight is 762 g/mol. The van der Waals surface area contributed by atoms with Crippen molar-refractivity contribution in [1.29, 1.82) is 0 Å². The van der Waals surface area contributed by atoms with E-state index in [1.807, 2.05) is 18.2 Å². The normalized spacial score (nSPS) is 14.0. The third-order valence-corrected chi connectivity index (χ3v) is 12.7. The van der Waals surface area contributed by atoms with Crippen LogP contribution in [0.3, 0.4) is 0 Å². The molecule has 0 saturated carbocycles. The fourth-order valence-corrected chi connectivity index (χ4v) is 9.76. The summed E-state index contributed by atoms with van der Waals surface area (Å²) in [6.07, 6.45) is 0. The van der Waals surface area contributed by atoms with E-state index in [4.69, 9.17) is 9.40 Å². The predicted molar refractivity (Wildman–Crippen MR) is 244 cm³/mol. The minimum absolute atomic E-state index is 0.153. The molecule has 0 aliphatic heterocycles. The molecule has 11 rings (SSSR count). The number of benzene rings is 8. The van der Waals surface area contributed by atoms with Gasteiger partial charge in [-0.25, -0.2) is 4.98 Å². The fourth-order valence-electron chi connectivity index (χ4n) is 9.76. The second-order valence-electron chi connectivity index (χ2n) is 16.8. The Kier molecular flexibility index (Phi) is 7.83. The maximum Gasteiger partial charge on any atom is 0.227 e. The summed E-state index contributed by atoms with van der Waals surface area (Å²) in [5.74, 6) is 0.583. The first-order valence-corrected chi connectivity index (χ1v) is 20.5. The molecule has 0 spiro atoms. The van der Waals surface area contributed by atoms with Crippen molar-refractivity contribution in [3.8, 4) is 33.7 Å². The van der Waals surface area contributed by atoms with E-state index in [2.05, 4.69) is 207 Å². The molecular formula is C55H43N3O. The van der Waals surface area contributed by atoms with Gasteiger partial charge in [-0.2, -0.15) is 0 Å². The molecule has 9 aromatic rings. The summed E-state index contributed by atoms with van der Waals surface area (Å²) in [6.45, 7) is 9.36. The van der Waals surface area contributed by atoms with Gasteiger partial charge in [-0.3, -0.25) is 0 Å². The van der Waals surface area contributed by atoms with Gasteiger partial charge >= 0.3 is 0 Å². The van der Waals surface area contributed by atoms with Crippen molar-refractivity contribution < 1.29 is 4.42 Å². The van der Waals surface area contributed by atoms with E-state index in [1.165, 1.54) is 44.5 Å². The van der Waals surface area contributed by atoms with Crippen LogP contribution in [0.5, 0.6) is 0 Å². The van der Waals surface area contributed by atoms with Crippen LogP contribution >= 0.6 is 0 Å². The van der Waals surface area contributed by atoms with Crippen LogP contribution in [0.2, 0.25) is 0 Å². The highest BCUT2D eigenvalue weighted by Crippen LogP contribution is 2.56. The number of oxazole rings is 1. The van der Waals surface area contributed by atoms with Crippen LogP contribution in [-0.4, -0.2) is 4.98 Å². The van der Waals surface area contributed by atoms with Crippen LogP contribution in [0, 0.1) is 0 Å². The van der Waals surface area contributed by atoms with Crippen molar-refractivity contribution in [2.24, 2.45) is 0 Å². The molecule has 4 nitrogen and oxygen atoms in total. The lowest BCUT2D eigenvalue weighted by Gasteiger charge is -2.31. The SMILES string of the molecule is CC1(C)c2ccccc2-c2ccc(N(c3ccccc3)c3cc(N(c4ccccc4)c4cccc5c4-c4ccccc4C5(C)C)cc4oc(-c5ccccc5)nc34)cc21. The van der Waals surface area contributed by atoms with Crippen molar-refractivity contribution >= 4 is 45.2 Å². The maximum absolute atomic E-state index is 6.85. The molecule has 0 radical (unpaired) electrons. The molecule has 0 bridgehead atoms. The quantitative estimate of drug-likeness (QED) is 0.162. The second kappa shape index (κ2) is 13.2. The number of anilines is 6. The van der Waals surface area contributed by atoms with Gasteiger partial charge < -0.3 is 14.2 Å². The van der Waals surface area contributed by atoms with Crippen LogP contribution in [0.25, 0.3) is 44.8 Å². The Morgan fingerprint density at radius 3 is 1.64 bits per heavy atom. The van der Waals surface area contributed by atoms with Crippen molar-refractivity contribution in [1.82, 2.24) is 4.98 Å². The number of aromatic nitrogens is 1. The first kappa shape index (κ1) is 35.0. The highest BCUT2D eigenvalue weighted by molar-refractivity contribution is 6.02. The van der Waals surface area contributed by atoms with Gasteiger partial charge in [0.1, 0.15) is 5.52 Å². The minimum atomic E-state index is -0.169. The molecule has 59 heavy (non-hydrogen) atoms. The summed E-state index contributed by atoms with van der Waals surface area (Å²) < 4.78 is 6.85. The van der Waals surface area contributed by atoms with Gasteiger partial charge in [-0.1, -0.05) is 149 Å². The van der Waals surface area contributed by atoms with Crippen molar-refractivity contribution in [2.75, 3.05) is 9.80 Å². The lowest BCUT2D eigenvalue weighted by atomic mass is 9.82. The van der Waals surface area contributed by atoms with E-state index in [0.29, 0.717) is 11.5 Å². The molecule has 0 amide bonds. The van der Waals surface area contributed by atoms with E-state index in [-0.39, 0.29) is 10.8 Å². The molecule has 8 aromatic carbocycles. The monoisotopic (exact) mass is 761 g/mol. The Morgan fingerprint density at radius 2 is 0.949 bits per heavy atom. The van der Waals surface area contributed by atoms with Gasteiger partial charge in [-0.05, 0) is 99.6 Å². The molecule has 2 aliphatic rings. The number of para-hydroxylation sites is 2. The third-order valence-electron chi connectivity index (χ3n) is 12.7. The first-order valence-electron chi connectivity index (χ1n) is 20.5. The summed E-state index contributed by atoms with van der Waals surface area (Å²) in [4.78, 5) is 10.1. The lowest BCUT2D eigenvalue weighted by molar-refractivity contribution is 0.620. The van der Waals surface area contributed by atoms with E-state index in [0.717, 1.165) is 45.2 Å². The number of hydrogen-bond donors (Lipinski definition) is 0. The number of rotatable bonds is 7. The Hall–Kier alpha value is -7.17. The molecule has 0 N–H and O–H groups in total. The largest absolute Gasteiger partial charge is 0.436 e. The predicted octanol–water partition coefficient (Wildman–Crippen LogP) is 15.0. The summed E-state index contributed by atoms with van der Waals surface area (Å²) in [5, 5.41) is 0. The summed E-state index contributed by atoms with van der Waals surface area (Å²) in [5.41, 5.74) is 18.7. The lowest BCUT2D eigenvalue weighted by Crippen LogP contribution is -2.17. The van der Waals surface area contributed by atoms with Gasteiger partial charge in [0.25, 0.3) is 0 Å². The molecule has 0 fully saturated rings. The Bertz CT molecular complexity index is 3050. The highest BCUT2D eigenvalue weighted by atomic mass is 16.3. The van der Waals surface area contributed by atoms with Gasteiger partial charge in [0.05, 0.1) is 17.1 Å². The standard InChI is InChI=1S/C55H43N3O/c1-54(2)45-28-17-15-26-43(45)51-46(54)29-18-30-48(51)58(38-23-12-7-13-24-38)40-34-49(52-50(35-40)59-53(56-52)36-19-8-5-9-20-36)57(37-21-10-6-11-22-37)39-31-32-42-41-25-14-16-27-44(41)55(3,4)47(42)33-39/h5-35H,1-4H3. The van der Waals surface area contributed by atoms with Gasteiger partial charge in [0.15, 0.2) is 5.58 Å². The van der Waals surface area contributed by atoms with Crippen molar-refractivity contribution in [3.63, 3.8) is 0 Å². The Balaban J connectivity index is 1.20. The zero-order chi connectivity index (χ0) is 39.9. The molecule has 0 atom stereocenters. The smallest absolute Gasteiger partial charge is 0.227 e. The fraction of sp³-hybridized carbons (Fsp3) is 0.109. The van der Waals surface area contributed by atoms with E-state index in [1.54, 1.807) is 0 Å². The molecular weight excluding hydrogens is 719 g/mol. The van der Waals surface area contributed by atoms with E-state index in [9.17, 15) is 0 Å². The maximum atomic E-state index is 6.85. The van der Waals surface area contributed by atoms with E-state index < -0.39 is 0 Å². The van der Waals surface area contributed by atoms with Crippen LogP contribution in [0.15, 0.2) is 192 Å². The molecule has 1 aromatic heterocycles. The Labute approximate surface area is 345 Å². The summed E-state index contributed by atoms with van der Waals surface area (Å²) in [7, 11) is 0. The second-order valence-corrected chi connectivity index (χ2v) is 16.8. The van der Waals surface area contributed by atoms with Crippen molar-refractivity contribution in [2.45, 2.75) is 38.5 Å². The van der Waals surface area contributed by atoms with E-state index >= 15 is 0 Å². The third kappa shape index (κ3) is 5.40. The number of nitrogens with zero attached hydrogens (tertiary/aromatic N) is 3. The van der Waals surface area contributed by atoms with Crippen LogP contribution in [0.1, 0.15) is 49.9 Å². The van der Waals surface area contributed by atoms with Gasteiger partial charge in [0.2, 0.25) is 5.89 Å². The molecule has 0 unspecified atom stereocenters. The number of hydrogen-bond acceptors (Lipinski definition) is 4. The Morgan fingerprint density at radius 1 is 0.407 bits per heavy atom. The summed E-state index contributed by atoms with van der Waals surface area (Å²) >= 11 is 0. The first-order chi connectivity index (χ1) is 28.8. The van der Waals surface area contributed by atoms with Crippen molar-refractivity contribution in [3.05, 3.63) is 210 Å². The van der Waals surface area contributed by atoms with Crippen LogP contribution in [0.4, 0.5) is 34.1 Å². The molecule has 4 heteroatoms. The zero-order valence-corrected chi connectivity index (χ0v) is 33.6. The zero-order valence-electron chi connectivity index (χ0n) is 33.6. The molecule has 2 aliphatic carbocycles. The van der Waals surface area contributed by atoms with Crippen LogP contribution < -0.4 is 9.80 Å². The minimum Gasteiger partial charge on any atom is -0.436 e. The average Bonchev–Trinajstić information content (AvgIpc) is 3.89. The topological polar surface area (TPSA) is 32.5 Å². The molecule has 1 heterocycles. The highest BCUT2D eigenvalue weighted by Gasteiger charge is 2.39. The molecule has 0 saturated heterocycles. The van der Waals surface area contributed by atoms with Gasteiger partial charge in [-0.15, -0.1) is 0 Å². The summed E-state index contributed by atoms with van der Waals surface area (Å²) in [6, 6.07) is 67.5. The molecule has 284 valence electrons. The van der Waals surface area contributed by atoms with Crippen LogP contribution in [-0.2, 0) is 10.8 Å².